The molecule has 0 N–H and O–H groups in total. The molecule has 0 aliphatic carbocycles. The number of hydrogen-bond acceptors (Lipinski definition) is 3. The fourth-order valence-electron chi connectivity index (χ4n) is 10.5. The molecule has 0 radical (unpaired) electrons. The van der Waals surface area contributed by atoms with E-state index in [0.717, 1.165) is 72.1 Å². The van der Waals surface area contributed by atoms with Crippen LogP contribution in [0.4, 0.5) is 22.7 Å². The van der Waals surface area contributed by atoms with Crippen molar-refractivity contribution in [3.8, 4) is 39.2 Å². The van der Waals surface area contributed by atoms with E-state index in [1.54, 1.807) is 18.2 Å². The van der Waals surface area contributed by atoms with Crippen LogP contribution in [-0.4, -0.2) is 9.55 Å². The summed E-state index contributed by atoms with van der Waals surface area (Å²) in [5.74, 6) is 0.785. The summed E-state index contributed by atoms with van der Waals surface area (Å²) in [7, 11) is 0. The molecule has 4 nitrogen and oxygen atoms in total. The Kier molecular flexibility index (Phi) is 9.60. The molecule has 3 heterocycles. The van der Waals surface area contributed by atoms with E-state index in [2.05, 4.69) is 142 Å². The van der Waals surface area contributed by atoms with E-state index < -0.39 is 60.4 Å². The van der Waals surface area contributed by atoms with Crippen LogP contribution in [0.25, 0.3) is 61.0 Å². The van der Waals surface area contributed by atoms with E-state index in [0.29, 0.717) is 23.5 Å². The van der Waals surface area contributed by atoms with Crippen LogP contribution in [-0.2, 0) is 32.9 Å². The molecular formula is C67H53N4Pt-3. The summed E-state index contributed by atoms with van der Waals surface area (Å²) in [6.45, 7) is 12.6. The smallest absolute Gasteiger partial charge is 0.135 e. The Bertz CT molecular complexity index is 4240. The summed E-state index contributed by atoms with van der Waals surface area (Å²) in [6.07, 6.45) is 2.32. The number of benzene rings is 9. The van der Waals surface area contributed by atoms with Gasteiger partial charge in [0.25, 0.3) is 0 Å². The zero-order chi connectivity index (χ0) is 56.9. The van der Waals surface area contributed by atoms with E-state index in [9.17, 15) is 5.48 Å². The maximum Gasteiger partial charge on any atom is 0.135 e. The molecule has 0 unspecified atom stereocenters. The van der Waals surface area contributed by atoms with E-state index in [4.69, 9.17) is 13.2 Å². The first-order valence-corrected chi connectivity index (χ1v) is 23.7. The molecule has 0 bridgehead atoms. The largest absolute Gasteiger partial charge is 0.493 e. The summed E-state index contributed by atoms with van der Waals surface area (Å²) in [4.78, 5) is 8.80. The number of aryl methyl sites for hydroxylation is 3. The minimum Gasteiger partial charge on any atom is -0.493 e. The molecule has 0 saturated carbocycles. The average molecular weight is 1120 g/mol. The van der Waals surface area contributed by atoms with Crippen LogP contribution in [0.3, 0.4) is 0 Å². The molecule has 5 heteroatoms. The van der Waals surface area contributed by atoms with E-state index in [-0.39, 0.29) is 54.4 Å². The first-order chi connectivity index (χ1) is 38.8. The van der Waals surface area contributed by atoms with Crippen molar-refractivity contribution >= 4 is 44.6 Å². The van der Waals surface area contributed by atoms with Gasteiger partial charge in [-0.25, -0.2) is 4.98 Å². The van der Waals surface area contributed by atoms with Gasteiger partial charge in [0.1, 0.15) is 5.82 Å². The molecule has 1 aliphatic heterocycles. The third kappa shape index (κ3) is 8.34. The van der Waals surface area contributed by atoms with Gasteiger partial charge in [-0.05, 0) is 102 Å². The maximum absolute atomic E-state index is 9.19. The van der Waals surface area contributed by atoms with Gasteiger partial charge in [-0.15, -0.1) is 29.4 Å². The zero-order valence-corrected chi connectivity index (χ0v) is 42.6. The van der Waals surface area contributed by atoms with Crippen LogP contribution < -0.4 is 9.80 Å². The predicted octanol–water partition coefficient (Wildman–Crippen LogP) is 17.0. The fraction of sp³-hybridized carbons (Fsp3) is 0.104. The number of para-hydroxylation sites is 4. The van der Waals surface area contributed by atoms with Gasteiger partial charge in [0.05, 0.1) is 13.7 Å². The Morgan fingerprint density at radius 2 is 1.21 bits per heavy atom. The van der Waals surface area contributed by atoms with Crippen molar-refractivity contribution in [2.24, 2.45) is 0 Å². The fourth-order valence-corrected chi connectivity index (χ4v) is 10.5. The average Bonchev–Trinajstić information content (AvgIpc) is 3.31. The first kappa shape index (κ1) is 36.2. The summed E-state index contributed by atoms with van der Waals surface area (Å²) in [5, 5.41) is 2.13. The second-order valence-electron chi connectivity index (χ2n) is 18.8. The molecule has 0 saturated heterocycles. The number of nitrogens with zero attached hydrogens (tertiary/aromatic N) is 4. The molecule has 354 valence electrons. The van der Waals surface area contributed by atoms with Gasteiger partial charge in [0.2, 0.25) is 0 Å². The number of hydrogen-bond donors (Lipinski definition) is 0. The third-order valence-corrected chi connectivity index (χ3v) is 13.8. The van der Waals surface area contributed by atoms with E-state index in [1.165, 1.54) is 5.56 Å². The van der Waals surface area contributed by atoms with E-state index in [1.807, 2.05) is 59.1 Å². The standard InChI is InChI=1S/C67H53N4.Pt/c1-45-36-46(2)65(47(3)37-45)52-39-49(38-48-32-33-59-58-26-15-16-29-60(58)71(63(59)41-48)64-43-54(34-35-68-64)67(4,5)53-24-13-8-14-25-53)40-55(42-52)69-44-70(62-31-18-17-30-61(62)69)66-56(50-20-9-6-10-21-50)27-19-28-57(66)51-22-11-7-12-23-51;/h6-37,39,42-44H,38H2,1-5H3;/q-3;/i6D,7D,9D,10D,11D,12D,20D,21D,22D,23D;. The van der Waals surface area contributed by atoms with Crippen LogP contribution in [0.2, 0.25) is 0 Å². The number of rotatable bonds is 10. The van der Waals surface area contributed by atoms with Crippen molar-refractivity contribution in [3.05, 3.63) is 270 Å². The van der Waals surface area contributed by atoms with Gasteiger partial charge in [0.15, 0.2) is 0 Å². The van der Waals surface area contributed by atoms with Gasteiger partial charge in [-0.3, -0.25) is 0 Å². The van der Waals surface area contributed by atoms with Crippen molar-refractivity contribution < 1.29 is 34.8 Å². The Morgan fingerprint density at radius 3 is 1.90 bits per heavy atom. The minimum atomic E-state index is -0.558. The van der Waals surface area contributed by atoms with Crippen LogP contribution in [0.15, 0.2) is 212 Å². The van der Waals surface area contributed by atoms with Gasteiger partial charge in [-0.1, -0.05) is 176 Å². The zero-order valence-electron chi connectivity index (χ0n) is 50.3. The summed E-state index contributed by atoms with van der Waals surface area (Å²) < 4.78 is 90.8. The first-order valence-electron chi connectivity index (χ1n) is 28.7. The second kappa shape index (κ2) is 19.1. The Balaban J connectivity index is 0.00000705. The number of aromatic nitrogens is 2. The molecule has 2 aromatic heterocycles. The molecule has 0 amide bonds. The Hall–Kier alpha value is -7.78. The van der Waals surface area contributed by atoms with Gasteiger partial charge in [0, 0.05) is 66.4 Å². The summed E-state index contributed by atoms with van der Waals surface area (Å²) >= 11 is 0. The molecule has 11 aromatic rings. The molecule has 1 aliphatic rings. The SMILES string of the molecule is [2H]c1c([2H])c([2H])c(-c2cccc(-c3c([2H])c([2H])c([2H])c([2H])c3[2H])c2N2[CH-]N(c3[c-]c(Cc4[c-]c5c(cc4)c4ccccc4n5-c4cc(C(C)(C)c5ccccc5)ccn4)cc(-c4c(C)cc(C)cc4C)c3)c3ccccc32)c([2H])c1[2H].[Pt]. The van der Waals surface area contributed by atoms with Crippen molar-refractivity contribution in [1.29, 1.82) is 0 Å². The van der Waals surface area contributed by atoms with Crippen molar-refractivity contribution in [2.75, 3.05) is 9.80 Å². The molecule has 12 rings (SSSR count). The summed E-state index contributed by atoms with van der Waals surface area (Å²) in [6, 6.07) is 51.2. The van der Waals surface area contributed by atoms with Crippen molar-refractivity contribution in [3.63, 3.8) is 0 Å². The normalized spacial score (nSPS) is 14.3. The van der Waals surface area contributed by atoms with E-state index >= 15 is 0 Å². The monoisotopic (exact) mass is 1120 g/mol. The molecular weight excluding hydrogens is 1060 g/mol. The van der Waals surface area contributed by atoms with Gasteiger partial charge in [-0.2, -0.15) is 41.5 Å². The quantitative estimate of drug-likeness (QED) is 0.128. The summed E-state index contributed by atoms with van der Waals surface area (Å²) in [5.41, 5.74) is 13.5. The molecule has 72 heavy (non-hydrogen) atoms. The van der Waals surface area contributed by atoms with Crippen molar-refractivity contribution in [1.82, 2.24) is 9.55 Å². The van der Waals surface area contributed by atoms with Crippen molar-refractivity contribution in [2.45, 2.75) is 46.5 Å². The second-order valence-corrected chi connectivity index (χ2v) is 18.8. The topological polar surface area (TPSA) is 24.3 Å². The molecule has 0 atom stereocenters. The van der Waals surface area contributed by atoms with Crippen LogP contribution in [0, 0.1) is 39.6 Å². The molecule has 0 spiro atoms. The Labute approximate surface area is 452 Å². The third-order valence-electron chi connectivity index (χ3n) is 13.8. The van der Waals surface area contributed by atoms with Gasteiger partial charge >= 0.3 is 0 Å². The number of pyridine rings is 1. The number of fused-ring (bicyclic) bond motifs is 4. The van der Waals surface area contributed by atoms with Gasteiger partial charge < -0.3 is 14.4 Å². The minimum absolute atomic E-state index is 0. The molecule has 0 fully saturated rings. The maximum atomic E-state index is 9.19. The predicted molar refractivity (Wildman–Crippen MR) is 296 cm³/mol. The Morgan fingerprint density at radius 1 is 0.569 bits per heavy atom. The van der Waals surface area contributed by atoms with Crippen LogP contribution >= 0.6 is 0 Å². The van der Waals surface area contributed by atoms with Crippen LogP contribution in [0.5, 0.6) is 0 Å². The van der Waals surface area contributed by atoms with Crippen LogP contribution in [0.1, 0.15) is 66.5 Å². The number of anilines is 4. The molecule has 9 aromatic carbocycles.